The molecule has 1 N–H and O–H groups in total. The van der Waals surface area contributed by atoms with Gasteiger partial charge in [0.05, 0.1) is 13.2 Å². The summed E-state index contributed by atoms with van der Waals surface area (Å²) in [5.74, 6) is 1.74. The average molecular weight is 319 g/mol. The summed E-state index contributed by atoms with van der Waals surface area (Å²) < 4.78 is 11.0. The van der Waals surface area contributed by atoms with Gasteiger partial charge in [-0.3, -0.25) is 4.79 Å². The van der Waals surface area contributed by atoms with Gasteiger partial charge in [-0.2, -0.15) is 0 Å². The number of ether oxygens (including phenoxy) is 2. The quantitative estimate of drug-likeness (QED) is 0.735. The highest BCUT2D eigenvalue weighted by Gasteiger charge is 2.11. The Labute approximate surface area is 139 Å². The van der Waals surface area contributed by atoms with Gasteiger partial charge in [0.25, 0.3) is 0 Å². The molecule has 2 unspecified atom stereocenters. The van der Waals surface area contributed by atoms with E-state index in [2.05, 4.69) is 19.2 Å². The minimum Gasteiger partial charge on any atom is -0.493 e. The lowest BCUT2D eigenvalue weighted by Crippen LogP contribution is -2.35. The first-order chi connectivity index (χ1) is 10.9. The van der Waals surface area contributed by atoms with Gasteiger partial charge in [-0.15, -0.1) is 0 Å². The first-order valence-corrected chi connectivity index (χ1v) is 8.20. The summed E-state index contributed by atoms with van der Waals surface area (Å²) in [6, 6.07) is 5.79. The van der Waals surface area contributed by atoms with Crippen molar-refractivity contribution in [3.8, 4) is 11.5 Å². The number of hydrogen-bond acceptors (Lipinski definition) is 3. The van der Waals surface area contributed by atoms with E-state index >= 15 is 0 Å². The number of nitrogens with one attached hydrogen (secondary N) is 1. The number of amides is 1. The van der Waals surface area contributed by atoms with Gasteiger partial charge in [-0.25, -0.2) is 0 Å². The van der Waals surface area contributed by atoms with Crippen molar-refractivity contribution in [2.45, 2.75) is 53.2 Å². The van der Waals surface area contributed by atoms with E-state index in [-0.39, 0.29) is 18.1 Å². The van der Waals surface area contributed by atoms with Crippen molar-refractivity contribution < 1.29 is 14.3 Å². The Morgan fingerprint density at radius 1 is 1.22 bits per heavy atom. The molecule has 2 atom stereocenters. The topological polar surface area (TPSA) is 47.6 Å². The summed E-state index contributed by atoms with van der Waals surface area (Å²) in [5.41, 5.74) is 0.893. The normalized spacial score (nSPS) is 13.9. The second-order valence-corrected chi connectivity index (χ2v) is 6.09. The fourth-order valence-corrected chi connectivity index (χ4v) is 2.08. The van der Waals surface area contributed by atoms with E-state index in [1.165, 1.54) is 0 Å². The van der Waals surface area contributed by atoms with Gasteiger partial charge in [0.15, 0.2) is 11.5 Å². The molecule has 0 saturated carbocycles. The third-order valence-electron chi connectivity index (χ3n) is 3.84. The summed E-state index contributed by atoms with van der Waals surface area (Å²) in [4.78, 5) is 12.0. The molecule has 1 rings (SSSR count). The molecule has 0 aliphatic heterocycles. The van der Waals surface area contributed by atoms with Crippen LogP contribution in [0.5, 0.6) is 11.5 Å². The van der Waals surface area contributed by atoms with Crippen molar-refractivity contribution in [2.75, 3.05) is 7.11 Å². The Morgan fingerprint density at radius 3 is 2.48 bits per heavy atom. The van der Waals surface area contributed by atoms with Crippen molar-refractivity contribution >= 4 is 12.0 Å². The zero-order chi connectivity index (χ0) is 17.4. The maximum absolute atomic E-state index is 12.0. The molecule has 0 aliphatic carbocycles. The van der Waals surface area contributed by atoms with E-state index in [9.17, 15) is 4.79 Å². The second-order valence-electron chi connectivity index (χ2n) is 6.09. The highest BCUT2D eigenvalue weighted by Crippen LogP contribution is 2.29. The summed E-state index contributed by atoms with van der Waals surface area (Å²) in [5, 5.41) is 2.99. The van der Waals surface area contributed by atoms with Gasteiger partial charge >= 0.3 is 0 Å². The van der Waals surface area contributed by atoms with Crippen LogP contribution in [0.25, 0.3) is 6.08 Å². The average Bonchev–Trinajstić information content (AvgIpc) is 2.52. The van der Waals surface area contributed by atoms with Crippen LogP contribution in [-0.2, 0) is 4.79 Å². The minimum atomic E-state index is -0.0840. The van der Waals surface area contributed by atoms with Gasteiger partial charge in [0, 0.05) is 12.1 Å². The van der Waals surface area contributed by atoms with Gasteiger partial charge in [0.2, 0.25) is 5.91 Å². The number of carbonyl (C=O) groups is 1. The number of carbonyl (C=O) groups excluding carboxylic acids is 1. The van der Waals surface area contributed by atoms with Crippen LogP contribution in [0.4, 0.5) is 0 Å². The molecule has 0 saturated heterocycles. The van der Waals surface area contributed by atoms with Crippen LogP contribution in [0, 0.1) is 5.92 Å². The minimum absolute atomic E-state index is 0.0816. The van der Waals surface area contributed by atoms with Crippen molar-refractivity contribution in [1.29, 1.82) is 0 Å². The summed E-state index contributed by atoms with van der Waals surface area (Å²) in [7, 11) is 1.61. The predicted octanol–water partition coefficient (Wildman–Crippen LogP) is 4.05. The third kappa shape index (κ3) is 6.35. The van der Waals surface area contributed by atoms with Crippen LogP contribution in [0.2, 0.25) is 0 Å². The molecular formula is C19H29NO3. The zero-order valence-electron chi connectivity index (χ0n) is 15.1. The lowest BCUT2D eigenvalue weighted by Gasteiger charge is -2.18. The molecule has 0 heterocycles. The number of methoxy groups -OCH3 is 1. The monoisotopic (exact) mass is 319 g/mol. The van der Waals surface area contributed by atoms with Crippen LogP contribution in [-0.4, -0.2) is 25.2 Å². The first-order valence-electron chi connectivity index (χ1n) is 8.20. The Bertz CT molecular complexity index is 537. The van der Waals surface area contributed by atoms with Crippen molar-refractivity contribution in [3.05, 3.63) is 29.8 Å². The molecule has 0 spiro atoms. The SMILES string of the molecule is CCC(C)C(C)NC(=O)/C=C/c1ccc(OC(C)C)c(OC)c1. The Kier molecular flexibility index (Phi) is 7.66. The lowest BCUT2D eigenvalue weighted by atomic mass is 10.0. The molecule has 0 aliphatic rings. The van der Waals surface area contributed by atoms with Gasteiger partial charge < -0.3 is 14.8 Å². The number of hydrogen-bond donors (Lipinski definition) is 1. The number of benzene rings is 1. The van der Waals surface area contributed by atoms with E-state index in [4.69, 9.17) is 9.47 Å². The Morgan fingerprint density at radius 2 is 1.91 bits per heavy atom. The van der Waals surface area contributed by atoms with Gasteiger partial charge in [0.1, 0.15) is 0 Å². The lowest BCUT2D eigenvalue weighted by molar-refractivity contribution is -0.117. The summed E-state index contributed by atoms with van der Waals surface area (Å²) in [6.07, 6.45) is 4.45. The van der Waals surface area contributed by atoms with Gasteiger partial charge in [-0.05, 0) is 50.5 Å². The Hall–Kier alpha value is -1.97. The molecular weight excluding hydrogens is 290 g/mol. The van der Waals surface area contributed by atoms with E-state index in [0.717, 1.165) is 12.0 Å². The van der Waals surface area contributed by atoms with Crippen LogP contribution in [0.1, 0.15) is 46.6 Å². The van der Waals surface area contributed by atoms with Crippen molar-refractivity contribution in [3.63, 3.8) is 0 Å². The number of rotatable bonds is 8. The zero-order valence-corrected chi connectivity index (χ0v) is 15.1. The standard InChI is InChI=1S/C19H29NO3/c1-7-14(4)15(5)20-19(21)11-9-16-8-10-17(23-13(2)3)18(12-16)22-6/h8-15H,7H2,1-6H3,(H,20,21)/b11-9+. The Balaban J connectivity index is 2.74. The summed E-state index contributed by atoms with van der Waals surface area (Å²) >= 11 is 0. The molecule has 1 amide bonds. The molecule has 0 bridgehead atoms. The first kappa shape index (κ1) is 19.1. The highest BCUT2D eigenvalue weighted by molar-refractivity contribution is 5.92. The summed E-state index contributed by atoms with van der Waals surface area (Å²) in [6.45, 7) is 10.2. The van der Waals surface area contributed by atoms with E-state index in [1.54, 1.807) is 19.3 Å². The molecule has 4 heteroatoms. The molecule has 1 aromatic carbocycles. The fraction of sp³-hybridized carbons (Fsp3) is 0.526. The fourth-order valence-electron chi connectivity index (χ4n) is 2.08. The van der Waals surface area contributed by atoms with E-state index in [0.29, 0.717) is 17.4 Å². The van der Waals surface area contributed by atoms with Crippen molar-refractivity contribution in [1.82, 2.24) is 5.32 Å². The molecule has 1 aromatic rings. The predicted molar refractivity (Wildman–Crippen MR) is 94.9 cm³/mol. The smallest absolute Gasteiger partial charge is 0.244 e. The molecule has 23 heavy (non-hydrogen) atoms. The van der Waals surface area contributed by atoms with Crippen LogP contribution < -0.4 is 14.8 Å². The van der Waals surface area contributed by atoms with E-state index in [1.807, 2.05) is 39.0 Å². The maximum atomic E-state index is 12.0. The van der Waals surface area contributed by atoms with Gasteiger partial charge in [-0.1, -0.05) is 26.3 Å². The van der Waals surface area contributed by atoms with Crippen molar-refractivity contribution in [2.24, 2.45) is 5.92 Å². The molecule has 0 aromatic heterocycles. The van der Waals surface area contributed by atoms with Crippen LogP contribution in [0.15, 0.2) is 24.3 Å². The molecule has 0 fully saturated rings. The largest absolute Gasteiger partial charge is 0.493 e. The highest BCUT2D eigenvalue weighted by atomic mass is 16.5. The molecule has 128 valence electrons. The molecule has 4 nitrogen and oxygen atoms in total. The maximum Gasteiger partial charge on any atom is 0.244 e. The van der Waals surface area contributed by atoms with Crippen LogP contribution in [0.3, 0.4) is 0 Å². The van der Waals surface area contributed by atoms with Crippen LogP contribution >= 0.6 is 0 Å². The second kappa shape index (κ2) is 9.23. The third-order valence-corrected chi connectivity index (χ3v) is 3.84. The molecule has 0 radical (unpaired) electrons. The van der Waals surface area contributed by atoms with E-state index < -0.39 is 0 Å².